The summed E-state index contributed by atoms with van der Waals surface area (Å²) in [5.74, 6) is 0.405. The van der Waals surface area contributed by atoms with Gasteiger partial charge in [0.15, 0.2) is 5.82 Å². The van der Waals surface area contributed by atoms with Crippen LogP contribution in [0.15, 0.2) is 29.1 Å². The molecule has 0 aliphatic carbocycles. The maximum absolute atomic E-state index is 13.2. The van der Waals surface area contributed by atoms with Crippen molar-refractivity contribution in [1.29, 1.82) is 0 Å². The molecule has 0 aliphatic heterocycles. The molecule has 2 N–H and O–H groups in total. The Labute approximate surface area is 94.9 Å². The zero-order chi connectivity index (χ0) is 11.8. The molecule has 3 aromatic rings. The summed E-state index contributed by atoms with van der Waals surface area (Å²) in [7, 11) is 0. The molecule has 0 spiro atoms. The highest BCUT2D eigenvalue weighted by molar-refractivity contribution is 5.78. The summed E-state index contributed by atoms with van der Waals surface area (Å²) in [5.41, 5.74) is 7.00. The number of nitrogens with zero attached hydrogens (tertiary/aromatic N) is 4. The second-order valence-corrected chi connectivity index (χ2v) is 3.54. The SMILES string of the molecule is Nc1nc2ccc(F)cc2n1Cc1ncon1. The van der Waals surface area contributed by atoms with Crippen LogP contribution in [0.3, 0.4) is 0 Å². The van der Waals surface area contributed by atoms with Crippen LogP contribution < -0.4 is 5.73 Å². The second-order valence-electron chi connectivity index (χ2n) is 3.54. The lowest BCUT2D eigenvalue weighted by Gasteiger charge is -2.02. The maximum atomic E-state index is 13.2. The Morgan fingerprint density at radius 3 is 3.06 bits per heavy atom. The largest absolute Gasteiger partial charge is 0.369 e. The summed E-state index contributed by atoms with van der Waals surface area (Å²) in [6.07, 6.45) is 1.23. The normalized spacial score (nSPS) is 11.1. The first-order valence-electron chi connectivity index (χ1n) is 4.90. The predicted molar refractivity (Wildman–Crippen MR) is 57.5 cm³/mol. The molecule has 2 heterocycles. The van der Waals surface area contributed by atoms with Crippen molar-refractivity contribution >= 4 is 17.0 Å². The van der Waals surface area contributed by atoms with Gasteiger partial charge in [-0.25, -0.2) is 9.37 Å². The third-order valence-corrected chi connectivity index (χ3v) is 2.45. The fourth-order valence-corrected chi connectivity index (χ4v) is 1.68. The van der Waals surface area contributed by atoms with E-state index in [9.17, 15) is 4.39 Å². The van der Waals surface area contributed by atoms with Crippen LogP contribution in [0.25, 0.3) is 11.0 Å². The third-order valence-electron chi connectivity index (χ3n) is 2.45. The van der Waals surface area contributed by atoms with E-state index in [-0.39, 0.29) is 11.8 Å². The van der Waals surface area contributed by atoms with Crippen molar-refractivity contribution in [2.45, 2.75) is 6.54 Å². The van der Waals surface area contributed by atoms with E-state index < -0.39 is 0 Å². The highest BCUT2D eigenvalue weighted by atomic mass is 19.1. The quantitative estimate of drug-likeness (QED) is 0.718. The van der Waals surface area contributed by atoms with Crippen molar-refractivity contribution in [3.05, 3.63) is 36.2 Å². The number of halogens is 1. The zero-order valence-corrected chi connectivity index (χ0v) is 8.67. The first kappa shape index (κ1) is 9.76. The number of fused-ring (bicyclic) bond motifs is 1. The van der Waals surface area contributed by atoms with Gasteiger partial charge < -0.3 is 14.8 Å². The molecule has 1 aromatic carbocycles. The molecule has 86 valence electrons. The highest BCUT2D eigenvalue weighted by Crippen LogP contribution is 2.19. The number of nitrogen functional groups attached to an aromatic ring is 1. The minimum Gasteiger partial charge on any atom is -0.369 e. The van der Waals surface area contributed by atoms with Crippen LogP contribution in [0.1, 0.15) is 5.82 Å². The monoisotopic (exact) mass is 233 g/mol. The van der Waals surface area contributed by atoms with Crippen LogP contribution in [0.4, 0.5) is 10.3 Å². The Kier molecular flexibility index (Phi) is 2.04. The summed E-state index contributed by atoms with van der Waals surface area (Å²) in [6.45, 7) is 0.294. The van der Waals surface area contributed by atoms with Crippen molar-refractivity contribution < 1.29 is 8.91 Å². The van der Waals surface area contributed by atoms with Crippen LogP contribution in [-0.4, -0.2) is 19.7 Å². The lowest BCUT2D eigenvalue weighted by molar-refractivity contribution is 0.408. The molecule has 17 heavy (non-hydrogen) atoms. The molecule has 0 atom stereocenters. The molecule has 7 heteroatoms. The van der Waals surface area contributed by atoms with Gasteiger partial charge in [-0.3, -0.25) is 0 Å². The molecule has 0 bridgehead atoms. The van der Waals surface area contributed by atoms with E-state index in [0.717, 1.165) is 0 Å². The van der Waals surface area contributed by atoms with Gasteiger partial charge in [0.2, 0.25) is 12.3 Å². The smallest absolute Gasteiger partial charge is 0.213 e. The fraction of sp³-hybridized carbons (Fsp3) is 0.100. The molecule has 0 aliphatic rings. The van der Waals surface area contributed by atoms with Crippen molar-refractivity contribution in [2.24, 2.45) is 0 Å². The number of aromatic nitrogens is 4. The molecule has 0 fully saturated rings. The Balaban J connectivity index is 2.14. The van der Waals surface area contributed by atoms with Crippen molar-refractivity contribution in [3.63, 3.8) is 0 Å². The molecule has 0 radical (unpaired) electrons. The number of imidazole rings is 1. The number of rotatable bonds is 2. The van der Waals surface area contributed by atoms with Crippen molar-refractivity contribution in [1.82, 2.24) is 19.7 Å². The van der Waals surface area contributed by atoms with E-state index in [1.807, 2.05) is 0 Å². The van der Waals surface area contributed by atoms with Crippen molar-refractivity contribution in [2.75, 3.05) is 5.73 Å². The molecule has 0 saturated heterocycles. The van der Waals surface area contributed by atoms with Gasteiger partial charge in [0, 0.05) is 0 Å². The van der Waals surface area contributed by atoms with Gasteiger partial charge in [-0.1, -0.05) is 5.16 Å². The van der Waals surface area contributed by atoms with Gasteiger partial charge in [-0.05, 0) is 18.2 Å². The fourth-order valence-electron chi connectivity index (χ4n) is 1.68. The van der Waals surface area contributed by atoms with Crippen LogP contribution >= 0.6 is 0 Å². The standard InChI is InChI=1S/C10H8FN5O/c11-6-1-2-7-8(3-6)16(10(12)14-7)4-9-13-5-17-15-9/h1-3,5H,4H2,(H2,12,14). The first-order valence-corrected chi connectivity index (χ1v) is 4.90. The molecular formula is C10H8FN5O. The topological polar surface area (TPSA) is 82.8 Å². The number of nitrogens with two attached hydrogens (primary N) is 1. The van der Waals surface area contributed by atoms with Crippen LogP contribution in [-0.2, 0) is 6.54 Å². The molecule has 3 rings (SSSR count). The average Bonchev–Trinajstić information content (AvgIpc) is 2.90. The number of benzene rings is 1. The van der Waals surface area contributed by atoms with Crippen LogP contribution in [0.2, 0.25) is 0 Å². The van der Waals surface area contributed by atoms with Gasteiger partial charge >= 0.3 is 0 Å². The minimum absolute atomic E-state index is 0.287. The van der Waals surface area contributed by atoms with Crippen LogP contribution in [0, 0.1) is 5.82 Å². The summed E-state index contributed by atoms with van der Waals surface area (Å²) in [4.78, 5) is 8.01. The molecule has 2 aromatic heterocycles. The number of hydrogen-bond donors (Lipinski definition) is 1. The predicted octanol–water partition coefficient (Wildman–Crippen LogP) is 1.19. The Hall–Kier alpha value is -2.44. The third kappa shape index (κ3) is 1.61. The summed E-state index contributed by atoms with van der Waals surface area (Å²) < 4.78 is 19.4. The Morgan fingerprint density at radius 1 is 1.41 bits per heavy atom. The Bertz CT molecular complexity index is 661. The van der Waals surface area contributed by atoms with Gasteiger partial charge in [0.1, 0.15) is 5.82 Å². The molecular weight excluding hydrogens is 225 g/mol. The lowest BCUT2D eigenvalue weighted by Crippen LogP contribution is -2.05. The maximum Gasteiger partial charge on any atom is 0.213 e. The van der Waals surface area contributed by atoms with Gasteiger partial charge in [0.25, 0.3) is 0 Å². The van der Waals surface area contributed by atoms with E-state index >= 15 is 0 Å². The van der Waals surface area contributed by atoms with E-state index in [4.69, 9.17) is 5.73 Å². The summed E-state index contributed by atoms with van der Waals surface area (Å²) in [6, 6.07) is 4.29. The second kappa shape index (κ2) is 3.55. The van der Waals surface area contributed by atoms with E-state index in [0.29, 0.717) is 23.4 Å². The molecule has 0 unspecified atom stereocenters. The zero-order valence-electron chi connectivity index (χ0n) is 8.67. The van der Waals surface area contributed by atoms with Gasteiger partial charge in [0.05, 0.1) is 17.6 Å². The van der Waals surface area contributed by atoms with Gasteiger partial charge in [-0.2, -0.15) is 4.98 Å². The molecule has 0 amide bonds. The lowest BCUT2D eigenvalue weighted by atomic mass is 10.3. The van der Waals surface area contributed by atoms with E-state index in [1.54, 1.807) is 10.6 Å². The van der Waals surface area contributed by atoms with Crippen molar-refractivity contribution in [3.8, 4) is 0 Å². The number of anilines is 1. The highest BCUT2D eigenvalue weighted by Gasteiger charge is 2.11. The van der Waals surface area contributed by atoms with E-state index in [1.165, 1.54) is 18.5 Å². The summed E-state index contributed by atoms with van der Waals surface area (Å²) >= 11 is 0. The van der Waals surface area contributed by atoms with E-state index in [2.05, 4.69) is 19.6 Å². The number of hydrogen-bond acceptors (Lipinski definition) is 5. The molecule has 0 saturated carbocycles. The minimum atomic E-state index is -0.341. The average molecular weight is 233 g/mol. The van der Waals surface area contributed by atoms with Crippen LogP contribution in [0.5, 0.6) is 0 Å². The summed E-state index contributed by atoms with van der Waals surface area (Å²) in [5, 5.41) is 3.68. The van der Waals surface area contributed by atoms with Gasteiger partial charge in [-0.15, -0.1) is 0 Å². The first-order chi connectivity index (χ1) is 8.24. The molecule has 6 nitrogen and oxygen atoms in total. The Morgan fingerprint density at radius 2 is 2.29 bits per heavy atom.